The number of benzene rings is 1. The summed E-state index contributed by atoms with van der Waals surface area (Å²) in [5.74, 6) is 2.14. The van der Waals surface area contributed by atoms with Crippen LogP contribution in [-0.4, -0.2) is 51.3 Å². The van der Waals surface area contributed by atoms with Gasteiger partial charge in [-0.25, -0.2) is 19.7 Å². The molecule has 0 saturated heterocycles. The van der Waals surface area contributed by atoms with Crippen molar-refractivity contribution in [3.63, 3.8) is 0 Å². The van der Waals surface area contributed by atoms with Gasteiger partial charge >= 0.3 is 6.09 Å². The second-order valence-electron chi connectivity index (χ2n) is 10.6. The molecule has 1 aromatic carbocycles. The highest BCUT2D eigenvalue weighted by molar-refractivity contribution is 5.86. The topological polar surface area (TPSA) is 118 Å². The number of aromatic amines is 1. The molecule has 5 rings (SSSR count). The SMILES string of the molecule is CCc1ncnc(N2CCOc3ccc(-c4cnc5nc(NC(=O)OC)[nH]c5c4)cc3C2)c1CC(C)(C)C. The fraction of sp³-hybridized carbons (Fsp3) is 0.393. The summed E-state index contributed by atoms with van der Waals surface area (Å²) in [6.07, 6.45) is 4.63. The number of fused-ring (bicyclic) bond motifs is 2. The molecule has 0 fully saturated rings. The summed E-state index contributed by atoms with van der Waals surface area (Å²) >= 11 is 0. The average molecular weight is 516 g/mol. The van der Waals surface area contributed by atoms with Crippen LogP contribution in [0.3, 0.4) is 0 Å². The minimum Gasteiger partial charge on any atom is -0.491 e. The molecule has 0 radical (unpaired) electrons. The number of H-pyrrole nitrogens is 1. The van der Waals surface area contributed by atoms with E-state index in [9.17, 15) is 4.79 Å². The van der Waals surface area contributed by atoms with Gasteiger partial charge in [0.2, 0.25) is 5.95 Å². The highest BCUT2D eigenvalue weighted by Crippen LogP contribution is 2.34. The number of hydrogen-bond donors (Lipinski definition) is 2. The summed E-state index contributed by atoms with van der Waals surface area (Å²) in [6, 6.07) is 8.16. The summed E-state index contributed by atoms with van der Waals surface area (Å²) in [4.78, 5) is 35.0. The lowest BCUT2D eigenvalue weighted by Gasteiger charge is -2.28. The van der Waals surface area contributed by atoms with Crippen molar-refractivity contribution in [1.82, 2.24) is 24.9 Å². The Labute approximate surface area is 221 Å². The predicted molar refractivity (Wildman–Crippen MR) is 146 cm³/mol. The lowest BCUT2D eigenvalue weighted by Crippen LogP contribution is -2.29. The molecule has 1 aliphatic heterocycles. The molecule has 0 saturated carbocycles. The van der Waals surface area contributed by atoms with E-state index in [1.54, 1.807) is 12.5 Å². The molecule has 1 aliphatic rings. The third-order valence-corrected chi connectivity index (χ3v) is 6.47. The molecule has 0 bridgehead atoms. The lowest BCUT2D eigenvalue weighted by molar-refractivity contribution is 0.186. The minimum absolute atomic E-state index is 0.112. The van der Waals surface area contributed by atoms with Crippen LogP contribution in [0.15, 0.2) is 36.8 Å². The molecule has 2 N–H and O–H groups in total. The Balaban J connectivity index is 1.47. The van der Waals surface area contributed by atoms with Crippen molar-refractivity contribution in [1.29, 1.82) is 0 Å². The van der Waals surface area contributed by atoms with Gasteiger partial charge in [0.1, 0.15) is 24.5 Å². The molecule has 0 aliphatic carbocycles. The standard InChI is InChI=1S/C28H33N7O3/c1-6-21-20(13-28(2,3)4)25(31-16-30-21)35-9-10-38-23-8-7-17(11-19(23)15-35)18-12-22-24(29-14-18)33-26(32-22)34-27(36)37-5/h7-8,11-12,14,16H,6,9-10,13,15H2,1-5H3,(H2,29,32,33,34,36). The van der Waals surface area contributed by atoms with E-state index < -0.39 is 6.09 Å². The average Bonchev–Trinajstić information content (AvgIpc) is 3.16. The molecule has 4 aromatic rings. The first-order chi connectivity index (χ1) is 18.2. The molecule has 10 nitrogen and oxygen atoms in total. The number of nitrogens with zero attached hydrogens (tertiary/aromatic N) is 5. The first-order valence-electron chi connectivity index (χ1n) is 12.8. The van der Waals surface area contributed by atoms with Crippen molar-refractivity contribution in [2.75, 3.05) is 30.5 Å². The third-order valence-electron chi connectivity index (χ3n) is 6.47. The first kappa shape index (κ1) is 25.4. The molecule has 10 heteroatoms. The highest BCUT2D eigenvalue weighted by Gasteiger charge is 2.24. The van der Waals surface area contributed by atoms with Gasteiger partial charge in [0.05, 0.1) is 19.2 Å². The van der Waals surface area contributed by atoms with Crippen molar-refractivity contribution in [3.8, 4) is 16.9 Å². The zero-order valence-corrected chi connectivity index (χ0v) is 22.5. The summed E-state index contributed by atoms with van der Waals surface area (Å²) < 4.78 is 10.8. The first-order valence-corrected chi connectivity index (χ1v) is 12.8. The molecule has 0 spiro atoms. The number of aromatic nitrogens is 5. The normalized spacial score (nSPS) is 13.6. The second-order valence-corrected chi connectivity index (χ2v) is 10.6. The summed E-state index contributed by atoms with van der Waals surface area (Å²) in [5, 5.41) is 2.53. The van der Waals surface area contributed by atoms with E-state index in [2.05, 4.69) is 68.7 Å². The molecule has 4 heterocycles. The third kappa shape index (κ3) is 5.39. The van der Waals surface area contributed by atoms with E-state index in [0.29, 0.717) is 24.3 Å². The second kappa shape index (κ2) is 10.3. The van der Waals surface area contributed by atoms with Gasteiger partial charge in [-0.15, -0.1) is 0 Å². The van der Waals surface area contributed by atoms with Crippen LogP contribution in [0.1, 0.15) is 44.5 Å². The maximum absolute atomic E-state index is 11.5. The molecule has 1 amide bonds. The zero-order chi connectivity index (χ0) is 26.9. The van der Waals surface area contributed by atoms with Gasteiger partial charge in [0.15, 0.2) is 5.65 Å². The molecule has 3 aromatic heterocycles. The largest absolute Gasteiger partial charge is 0.491 e. The van der Waals surface area contributed by atoms with Crippen LogP contribution in [0.5, 0.6) is 5.75 Å². The fourth-order valence-electron chi connectivity index (χ4n) is 4.75. The Morgan fingerprint density at radius 2 is 2.03 bits per heavy atom. The summed E-state index contributed by atoms with van der Waals surface area (Å²) in [7, 11) is 1.30. The van der Waals surface area contributed by atoms with Crippen molar-refractivity contribution in [3.05, 3.63) is 53.6 Å². The van der Waals surface area contributed by atoms with E-state index >= 15 is 0 Å². The van der Waals surface area contributed by atoms with Crippen molar-refractivity contribution in [2.24, 2.45) is 5.41 Å². The number of amides is 1. The Hall–Kier alpha value is -4.21. The Kier molecular flexibility index (Phi) is 6.88. The number of imidazole rings is 1. The van der Waals surface area contributed by atoms with Crippen molar-refractivity contribution >= 4 is 29.0 Å². The monoisotopic (exact) mass is 515 g/mol. The van der Waals surface area contributed by atoms with E-state index in [1.165, 1.54) is 12.7 Å². The van der Waals surface area contributed by atoms with Gasteiger partial charge in [-0.05, 0) is 42.0 Å². The number of methoxy groups -OCH3 is 1. The van der Waals surface area contributed by atoms with Gasteiger partial charge < -0.3 is 19.4 Å². The predicted octanol–water partition coefficient (Wildman–Crippen LogP) is 5.14. The zero-order valence-electron chi connectivity index (χ0n) is 22.5. The number of anilines is 2. The van der Waals surface area contributed by atoms with Gasteiger partial charge in [-0.3, -0.25) is 5.32 Å². The van der Waals surface area contributed by atoms with Crippen LogP contribution < -0.4 is 15.0 Å². The van der Waals surface area contributed by atoms with E-state index in [-0.39, 0.29) is 11.4 Å². The smallest absolute Gasteiger partial charge is 0.413 e. The number of ether oxygens (including phenoxy) is 2. The molecule has 198 valence electrons. The maximum atomic E-state index is 11.5. The van der Waals surface area contributed by atoms with Crippen molar-refractivity contribution < 1.29 is 14.3 Å². The number of nitrogens with one attached hydrogen (secondary N) is 2. The van der Waals surface area contributed by atoms with Gasteiger partial charge in [0, 0.05) is 35.1 Å². The molecular weight excluding hydrogens is 482 g/mol. The Bertz CT molecular complexity index is 1480. The van der Waals surface area contributed by atoms with Gasteiger partial charge in [0.25, 0.3) is 0 Å². The van der Waals surface area contributed by atoms with Crippen LogP contribution in [0, 0.1) is 5.41 Å². The summed E-state index contributed by atoms with van der Waals surface area (Å²) in [6.45, 7) is 10.9. The summed E-state index contributed by atoms with van der Waals surface area (Å²) in [5.41, 5.74) is 6.66. The maximum Gasteiger partial charge on any atom is 0.413 e. The number of aryl methyl sites for hydroxylation is 1. The highest BCUT2D eigenvalue weighted by atomic mass is 16.5. The van der Waals surface area contributed by atoms with E-state index in [0.717, 1.165) is 53.3 Å². The van der Waals surface area contributed by atoms with Crippen LogP contribution in [0.4, 0.5) is 16.6 Å². The van der Waals surface area contributed by atoms with Crippen LogP contribution in [0.2, 0.25) is 0 Å². The van der Waals surface area contributed by atoms with Crippen LogP contribution in [0.25, 0.3) is 22.3 Å². The number of carbonyl (C=O) groups is 1. The number of carbonyl (C=O) groups excluding carboxylic acids is 1. The molecule has 0 unspecified atom stereocenters. The van der Waals surface area contributed by atoms with E-state index in [1.807, 2.05) is 18.2 Å². The van der Waals surface area contributed by atoms with E-state index in [4.69, 9.17) is 9.72 Å². The van der Waals surface area contributed by atoms with Crippen LogP contribution >= 0.6 is 0 Å². The van der Waals surface area contributed by atoms with Crippen molar-refractivity contribution in [2.45, 2.75) is 47.1 Å². The fourth-order valence-corrected chi connectivity index (χ4v) is 4.75. The molecular formula is C28H33N7O3. The molecule has 38 heavy (non-hydrogen) atoms. The van der Waals surface area contributed by atoms with Crippen LogP contribution in [-0.2, 0) is 24.1 Å². The molecule has 0 atom stereocenters. The van der Waals surface area contributed by atoms with Gasteiger partial charge in [-0.1, -0.05) is 33.8 Å². The van der Waals surface area contributed by atoms with Gasteiger partial charge in [-0.2, -0.15) is 4.98 Å². The number of pyridine rings is 1. The Morgan fingerprint density at radius 3 is 2.79 bits per heavy atom. The minimum atomic E-state index is -0.597. The lowest BCUT2D eigenvalue weighted by atomic mass is 9.87. The number of rotatable bonds is 5. The quantitative estimate of drug-likeness (QED) is 0.375. The number of hydrogen-bond acceptors (Lipinski definition) is 8. The Morgan fingerprint density at radius 1 is 1.18 bits per heavy atom.